The summed E-state index contributed by atoms with van der Waals surface area (Å²) in [5.41, 5.74) is -0.855. The van der Waals surface area contributed by atoms with Crippen LogP contribution in [0.1, 0.15) is 39.7 Å². The highest BCUT2D eigenvalue weighted by Gasteiger charge is 2.34. The van der Waals surface area contributed by atoms with Gasteiger partial charge in [0.25, 0.3) is 0 Å². The predicted molar refractivity (Wildman–Crippen MR) is 144 cm³/mol. The van der Waals surface area contributed by atoms with Crippen LogP contribution in [-0.4, -0.2) is 50.3 Å². The standard InChI is InChI=1S/C25H35ClNO8PS/c1-24(2,3)35-23(29)27-25(4,16-34-36(30,32-6)33-7)13-12-17-8-10-19(15-20(17)26)37-22-14-18(31-5)9-11-21(22)28/h8-11,14-15,28H,12-13,16H2,1-7H3,(H,27,29)/t25-/m0/s1. The molecule has 1 amide bonds. The van der Waals surface area contributed by atoms with Crippen molar-refractivity contribution < 1.29 is 37.5 Å². The van der Waals surface area contributed by atoms with Crippen molar-refractivity contribution in [3.63, 3.8) is 0 Å². The number of phosphoric acid groups is 1. The first-order valence-corrected chi connectivity index (χ1v) is 14.1. The van der Waals surface area contributed by atoms with Crippen LogP contribution in [0, 0.1) is 0 Å². The monoisotopic (exact) mass is 575 g/mol. The van der Waals surface area contributed by atoms with Gasteiger partial charge in [-0.1, -0.05) is 29.4 Å². The van der Waals surface area contributed by atoms with Crippen LogP contribution >= 0.6 is 31.2 Å². The summed E-state index contributed by atoms with van der Waals surface area (Å²) in [5.74, 6) is 0.771. The molecule has 0 bridgehead atoms. The second-order valence-electron chi connectivity index (χ2n) is 9.46. The lowest BCUT2D eigenvalue weighted by Gasteiger charge is -2.32. The number of amides is 1. The second-order valence-corrected chi connectivity index (χ2v) is 12.9. The van der Waals surface area contributed by atoms with Gasteiger partial charge < -0.3 is 19.9 Å². The van der Waals surface area contributed by atoms with Crippen LogP contribution in [0.4, 0.5) is 4.79 Å². The van der Waals surface area contributed by atoms with Crippen molar-refractivity contribution in [1.82, 2.24) is 5.32 Å². The number of phosphoric ester groups is 1. The molecule has 2 N–H and O–H groups in total. The molecule has 0 saturated carbocycles. The van der Waals surface area contributed by atoms with Gasteiger partial charge in [0.05, 0.1) is 24.2 Å². The van der Waals surface area contributed by atoms with Crippen molar-refractivity contribution >= 4 is 37.3 Å². The minimum Gasteiger partial charge on any atom is -0.507 e. The van der Waals surface area contributed by atoms with Gasteiger partial charge >= 0.3 is 13.9 Å². The van der Waals surface area contributed by atoms with E-state index in [0.29, 0.717) is 28.5 Å². The highest BCUT2D eigenvalue weighted by molar-refractivity contribution is 7.99. The fourth-order valence-corrected chi connectivity index (χ4v) is 5.21. The fourth-order valence-electron chi connectivity index (χ4n) is 3.16. The van der Waals surface area contributed by atoms with E-state index in [-0.39, 0.29) is 12.4 Å². The van der Waals surface area contributed by atoms with E-state index in [2.05, 4.69) is 5.32 Å². The zero-order valence-electron chi connectivity index (χ0n) is 22.1. The van der Waals surface area contributed by atoms with Crippen LogP contribution in [0.25, 0.3) is 0 Å². The van der Waals surface area contributed by atoms with Crippen molar-refractivity contribution in [2.24, 2.45) is 0 Å². The molecule has 0 heterocycles. The average Bonchev–Trinajstić information content (AvgIpc) is 2.82. The molecule has 1 atom stereocenters. The number of carbonyl (C=O) groups is 1. The molecule has 2 rings (SSSR count). The summed E-state index contributed by atoms with van der Waals surface area (Å²) < 4.78 is 38.2. The lowest BCUT2D eigenvalue weighted by molar-refractivity contribution is 0.0389. The van der Waals surface area contributed by atoms with Crippen molar-refractivity contribution in [2.75, 3.05) is 27.9 Å². The normalized spacial score (nSPS) is 13.6. The quantitative estimate of drug-likeness (QED) is 0.263. The zero-order chi connectivity index (χ0) is 27.9. The van der Waals surface area contributed by atoms with E-state index in [0.717, 1.165) is 10.5 Å². The SMILES string of the molecule is COc1ccc(O)c(Sc2ccc(CC[C@@](C)(COP(=O)(OC)OC)NC(=O)OC(C)(C)C)c(Cl)c2)c1. The molecule has 0 aliphatic carbocycles. The number of rotatable bonds is 12. The third-order valence-electron chi connectivity index (χ3n) is 5.16. The lowest BCUT2D eigenvalue weighted by Crippen LogP contribution is -2.51. The van der Waals surface area contributed by atoms with Crippen molar-refractivity contribution in [3.8, 4) is 11.5 Å². The van der Waals surface area contributed by atoms with Gasteiger partial charge in [-0.3, -0.25) is 13.6 Å². The first-order valence-electron chi connectivity index (χ1n) is 11.4. The number of alkyl carbamates (subject to hydrolysis) is 1. The Hall–Kier alpha value is -1.94. The van der Waals surface area contributed by atoms with Crippen LogP contribution in [-0.2, 0) is 29.3 Å². The van der Waals surface area contributed by atoms with Gasteiger partial charge in [-0.15, -0.1) is 0 Å². The maximum absolute atomic E-state index is 12.5. The molecule has 2 aromatic carbocycles. The molecular formula is C25H35ClNO8PS. The smallest absolute Gasteiger partial charge is 0.474 e. The van der Waals surface area contributed by atoms with Crippen molar-refractivity contribution in [2.45, 2.75) is 61.5 Å². The Labute approximate surface area is 227 Å². The molecule has 0 aliphatic heterocycles. The van der Waals surface area contributed by atoms with Crippen LogP contribution in [0.3, 0.4) is 0 Å². The fraction of sp³-hybridized carbons (Fsp3) is 0.480. The van der Waals surface area contributed by atoms with E-state index in [9.17, 15) is 14.5 Å². The predicted octanol–water partition coefficient (Wildman–Crippen LogP) is 6.84. The molecule has 0 unspecified atom stereocenters. The number of benzene rings is 2. The zero-order valence-corrected chi connectivity index (χ0v) is 24.6. The van der Waals surface area contributed by atoms with Crippen molar-refractivity contribution in [3.05, 3.63) is 47.0 Å². The summed E-state index contributed by atoms with van der Waals surface area (Å²) in [5, 5.41) is 13.5. The van der Waals surface area contributed by atoms with Crippen LogP contribution in [0.5, 0.6) is 11.5 Å². The topological polar surface area (TPSA) is 113 Å². The van der Waals surface area contributed by atoms with Gasteiger partial charge in [-0.2, -0.15) is 0 Å². The Balaban J connectivity index is 2.18. The summed E-state index contributed by atoms with van der Waals surface area (Å²) in [4.78, 5) is 14.0. The van der Waals surface area contributed by atoms with Crippen LogP contribution in [0.15, 0.2) is 46.2 Å². The minimum absolute atomic E-state index is 0.138. The summed E-state index contributed by atoms with van der Waals surface area (Å²) in [7, 11) is 0.226. The van der Waals surface area contributed by atoms with E-state index < -0.39 is 25.1 Å². The van der Waals surface area contributed by atoms with E-state index in [1.165, 1.54) is 26.0 Å². The third-order valence-corrected chi connectivity index (χ3v) is 7.88. The molecule has 0 saturated heterocycles. The van der Waals surface area contributed by atoms with E-state index in [1.807, 2.05) is 12.1 Å². The number of carbonyl (C=O) groups excluding carboxylic acids is 1. The third kappa shape index (κ3) is 10.0. The second kappa shape index (κ2) is 13.2. The van der Waals surface area contributed by atoms with Gasteiger partial charge in [0.1, 0.15) is 17.1 Å². The van der Waals surface area contributed by atoms with E-state index in [4.69, 9.17) is 34.6 Å². The highest BCUT2D eigenvalue weighted by atomic mass is 35.5. The van der Waals surface area contributed by atoms with Gasteiger partial charge in [-0.25, -0.2) is 9.36 Å². The minimum atomic E-state index is -3.77. The van der Waals surface area contributed by atoms with E-state index >= 15 is 0 Å². The number of aromatic hydroxyl groups is 1. The van der Waals surface area contributed by atoms with Gasteiger partial charge in [0.15, 0.2) is 0 Å². The first kappa shape index (κ1) is 31.3. The Morgan fingerprint density at radius 2 is 1.76 bits per heavy atom. The molecule has 9 nitrogen and oxygen atoms in total. The summed E-state index contributed by atoms with van der Waals surface area (Å²) in [6.07, 6.45) is 0.204. The van der Waals surface area contributed by atoms with E-state index in [1.54, 1.807) is 59.1 Å². The molecule has 2 aromatic rings. The molecule has 12 heteroatoms. The number of hydrogen-bond donors (Lipinski definition) is 2. The Morgan fingerprint density at radius 3 is 2.32 bits per heavy atom. The number of methoxy groups -OCH3 is 1. The van der Waals surface area contributed by atoms with Gasteiger partial charge in [-0.05, 0) is 76.4 Å². The number of phenols is 1. The first-order chi connectivity index (χ1) is 17.2. The van der Waals surface area contributed by atoms with Crippen LogP contribution in [0.2, 0.25) is 5.02 Å². The number of aryl methyl sites for hydroxylation is 1. The number of nitrogens with one attached hydrogen (secondary N) is 1. The molecule has 0 aromatic heterocycles. The summed E-state index contributed by atoms with van der Waals surface area (Å²) in [6, 6.07) is 10.6. The molecule has 0 fully saturated rings. The highest BCUT2D eigenvalue weighted by Crippen LogP contribution is 2.48. The summed E-state index contributed by atoms with van der Waals surface area (Å²) >= 11 is 7.93. The maximum atomic E-state index is 12.5. The molecule has 0 spiro atoms. The lowest BCUT2D eigenvalue weighted by atomic mass is 9.94. The molecule has 206 valence electrons. The number of halogens is 1. The summed E-state index contributed by atoms with van der Waals surface area (Å²) in [6.45, 7) is 6.86. The van der Waals surface area contributed by atoms with Crippen molar-refractivity contribution in [1.29, 1.82) is 0 Å². The Kier molecular flexibility index (Phi) is 11.2. The Morgan fingerprint density at radius 1 is 1.08 bits per heavy atom. The molecular weight excluding hydrogens is 541 g/mol. The average molecular weight is 576 g/mol. The van der Waals surface area contributed by atoms with Crippen LogP contribution < -0.4 is 10.1 Å². The van der Waals surface area contributed by atoms with Gasteiger partial charge in [0.2, 0.25) is 0 Å². The largest absolute Gasteiger partial charge is 0.507 e. The number of phenolic OH excluding ortho intramolecular Hbond substituents is 1. The molecule has 0 aliphatic rings. The number of ether oxygens (including phenoxy) is 2. The molecule has 37 heavy (non-hydrogen) atoms. The maximum Gasteiger partial charge on any atom is 0.474 e. The number of hydrogen-bond acceptors (Lipinski definition) is 9. The Bertz CT molecular complexity index is 1120. The molecule has 0 radical (unpaired) electrons. The van der Waals surface area contributed by atoms with Gasteiger partial charge in [0, 0.05) is 24.1 Å².